The van der Waals surface area contributed by atoms with Gasteiger partial charge in [-0.05, 0) is 23.9 Å². The minimum Gasteiger partial charge on any atom is -0.384 e. The zero-order valence-corrected chi connectivity index (χ0v) is 7.60. The highest BCUT2D eigenvalue weighted by Gasteiger charge is 2.17. The quantitative estimate of drug-likeness (QED) is 0.676. The summed E-state index contributed by atoms with van der Waals surface area (Å²) in [5.74, 6) is -0.273. The Hall–Kier alpha value is -0.710. The SMILES string of the molecule is Cc1ccsc1C(=O)C(O)CN. The Kier molecular flexibility index (Phi) is 2.97. The monoisotopic (exact) mass is 185 g/mol. The van der Waals surface area contributed by atoms with Crippen molar-refractivity contribution in [3.63, 3.8) is 0 Å². The first-order valence-corrected chi connectivity index (χ1v) is 4.51. The zero-order chi connectivity index (χ0) is 9.14. The third-order valence-electron chi connectivity index (χ3n) is 1.61. The molecule has 1 atom stereocenters. The lowest BCUT2D eigenvalue weighted by Gasteiger charge is -2.04. The first-order chi connectivity index (χ1) is 5.66. The van der Waals surface area contributed by atoms with Crippen molar-refractivity contribution in [1.29, 1.82) is 0 Å². The number of hydrogen-bond donors (Lipinski definition) is 2. The highest BCUT2D eigenvalue weighted by Crippen LogP contribution is 2.17. The van der Waals surface area contributed by atoms with Gasteiger partial charge in [0.25, 0.3) is 0 Å². The first-order valence-electron chi connectivity index (χ1n) is 3.63. The fourth-order valence-corrected chi connectivity index (χ4v) is 1.80. The summed E-state index contributed by atoms with van der Waals surface area (Å²) in [7, 11) is 0. The van der Waals surface area contributed by atoms with Crippen molar-refractivity contribution in [3.05, 3.63) is 21.9 Å². The van der Waals surface area contributed by atoms with Gasteiger partial charge in [-0.2, -0.15) is 0 Å². The molecule has 0 saturated heterocycles. The highest BCUT2D eigenvalue weighted by atomic mass is 32.1. The number of ketones is 1. The van der Waals surface area contributed by atoms with E-state index in [4.69, 9.17) is 10.8 Å². The van der Waals surface area contributed by atoms with Gasteiger partial charge in [-0.25, -0.2) is 0 Å². The van der Waals surface area contributed by atoms with Crippen molar-refractivity contribution in [2.45, 2.75) is 13.0 Å². The summed E-state index contributed by atoms with van der Waals surface area (Å²) in [6, 6.07) is 1.85. The minimum atomic E-state index is -1.05. The first kappa shape index (κ1) is 9.38. The molecule has 0 fully saturated rings. The maximum absolute atomic E-state index is 11.3. The topological polar surface area (TPSA) is 63.3 Å². The molecule has 12 heavy (non-hydrogen) atoms. The normalized spacial score (nSPS) is 12.9. The predicted octanol–water partition coefficient (Wildman–Crippen LogP) is 0.559. The molecule has 0 aliphatic rings. The molecule has 66 valence electrons. The molecule has 1 aromatic rings. The average Bonchev–Trinajstić information content (AvgIpc) is 2.48. The zero-order valence-electron chi connectivity index (χ0n) is 6.78. The van der Waals surface area contributed by atoms with E-state index in [1.165, 1.54) is 11.3 Å². The molecule has 1 heterocycles. The number of rotatable bonds is 3. The van der Waals surface area contributed by atoms with Crippen LogP contribution in [0.3, 0.4) is 0 Å². The van der Waals surface area contributed by atoms with Crippen LogP contribution in [-0.2, 0) is 0 Å². The van der Waals surface area contributed by atoms with Crippen molar-refractivity contribution in [2.24, 2.45) is 5.73 Å². The number of aryl methyl sites for hydroxylation is 1. The number of aliphatic hydroxyl groups is 1. The molecule has 0 aliphatic heterocycles. The third kappa shape index (κ3) is 1.72. The Morgan fingerprint density at radius 2 is 2.50 bits per heavy atom. The Labute approximate surface area is 74.8 Å². The van der Waals surface area contributed by atoms with Crippen LogP contribution in [0.4, 0.5) is 0 Å². The van der Waals surface area contributed by atoms with Gasteiger partial charge in [-0.1, -0.05) is 0 Å². The molecular weight excluding hydrogens is 174 g/mol. The summed E-state index contributed by atoms with van der Waals surface area (Å²) in [4.78, 5) is 11.9. The molecule has 0 amide bonds. The number of Topliss-reactive ketones (excluding diaryl/α,β-unsaturated/α-hetero) is 1. The van der Waals surface area contributed by atoms with Gasteiger partial charge in [0.05, 0.1) is 4.88 Å². The third-order valence-corrected chi connectivity index (χ3v) is 2.64. The summed E-state index contributed by atoms with van der Waals surface area (Å²) < 4.78 is 0. The van der Waals surface area contributed by atoms with E-state index in [2.05, 4.69) is 0 Å². The van der Waals surface area contributed by atoms with Gasteiger partial charge in [0.1, 0.15) is 6.10 Å². The van der Waals surface area contributed by atoms with Crippen LogP contribution in [0.25, 0.3) is 0 Å². The summed E-state index contributed by atoms with van der Waals surface area (Å²) in [6.45, 7) is 1.82. The van der Waals surface area contributed by atoms with Gasteiger partial charge in [0.15, 0.2) is 0 Å². The van der Waals surface area contributed by atoms with Crippen LogP contribution in [0.2, 0.25) is 0 Å². The molecular formula is C8H11NO2S. The lowest BCUT2D eigenvalue weighted by Crippen LogP contribution is -2.28. The van der Waals surface area contributed by atoms with Crippen LogP contribution in [0.15, 0.2) is 11.4 Å². The highest BCUT2D eigenvalue weighted by molar-refractivity contribution is 7.12. The van der Waals surface area contributed by atoms with Crippen LogP contribution >= 0.6 is 11.3 Å². The largest absolute Gasteiger partial charge is 0.384 e. The van der Waals surface area contributed by atoms with E-state index < -0.39 is 6.10 Å². The van der Waals surface area contributed by atoms with Gasteiger partial charge < -0.3 is 10.8 Å². The maximum atomic E-state index is 11.3. The number of thiophene rings is 1. The van der Waals surface area contributed by atoms with E-state index in [0.717, 1.165) is 5.56 Å². The summed E-state index contributed by atoms with van der Waals surface area (Å²) >= 11 is 1.34. The second-order valence-electron chi connectivity index (χ2n) is 2.55. The van der Waals surface area contributed by atoms with Gasteiger partial charge in [0, 0.05) is 6.54 Å². The molecule has 1 aromatic heterocycles. The van der Waals surface area contributed by atoms with Gasteiger partial charge in [-0.3, -0.25) is 4.79 Å². The van der Waals surface area contributed by atoms with E-state index in [9.17, 15) is 4.79 Å². The molecule has 4 heteroatoms. The van der Waals surface area contributed by atoms with Gasteiger partial charge >= 0.3 is 0 Å². The van der Waals surface area contributed by atoms with Crippen molar-refractivity contribution in [3.8, 4) is 0 Å². The molecule has 0 aliphatic carbocycles. The molecule has 1 unspecified atom stereocenters. The number of hydrogen-bond acceptors (Lipinski definition) is 4. The molecule has 3 nitrogen and oxygen atoms in total. The molecule has 3 N–H and O–H groups in total. The van der Waals surface area contributed by atoms with Crippen LogP contribution in [0.5, 0.6) is 0 Å². The lowest BCUT2D eigenvalue weighted by molar-refractivity contribution is 0.0767. The van der Waals surface area contributed by atoms with E-state index in [1.807, 2.05) is 18.4 Å². The van der Waals surface area contributed by atoms with Crippen molar-refractivity contribution >= 4 is 17.1 Å². The second-order valence-corrected chi connectivity index (χ2v) is 3.46. The predicted molar refractivity (Wildman–Crippen MR) is 48.4 cm³/mol. The van der Waals surface area contributed by atoms with Gasteiger partial charge in [-0.15, -0.1) is 11.3 Å². The van der Waals surface area contributed by atoms with Crippen molar-refractivity contribution < 1.29 is 9.90 Å². The Balaban J connectivity index is 2.85. The molecule has 0 aromatic carbocycles. The van der Waals surface area contributed by atoms with Crippen LogP contribution < -0.4 is 5.73 Å². The number of aliphatic hydroxyl groups excluding tert-OH is 1. The average molecular weight is 185 g/mol. The Bertz CT molecular complexity index is 282. The fraction of sp³-hybridized carbons (Fsp3) is 0.375. The van der Waals surface area contributed by atoms with E-state index in [1.54, 1.807) is 0 Å². The van der Waals surface area contributed by atoms with Crippen LogP contribution in [0.1, 0.15) is 15.2 Å². The molecule has 0 spiro atoms. The minimum absolute atomic E-state index is 0.0177. The van der Waals surface area contributed by atoms with Gasteiger partial charge in [0.2, 0.25) is 5.78 Å². The second kappa shape index (κ2) is 3.80. The summed E-state index contributed by atoms with van der Waals surface area (Å²) in [5, 5.41) is 11.0. The molecule has 0 saturated carbocycles. The number of nitrogens with two attached hydrogens (primary N) is 1. The molecule has 1 rings (SSSR count). The smallest absolute Gasteiger partial charge is 0.202 e. The summed E-state index contributed by atoms with van der Waals surface area (Å²) in [5.41, 5.74) is 6.06. The lowest BCUT2D eigenvalue weighted by atomic mass is 10.1. The van der Waals surface area contributed by atoms with E-state index in [-0.39, 0.29) is 12.3 Å². The standard InChI is InChI=1S/C8H11NO2S/c1-5-2-3-12-8(5)7(11)6(10)4-9/h2-3,6,10H,4,9H2,1H3. The molecule has 0 bridgehead atoms. The fourth-order valence-electron chi connectivity index (χ4n) is 0.884. The van der Waals surface area contributed by atoms with E-state index >= 15 is 0 Å². The van der Waals surface area contributed by atoms with E-state index in [0.29, 0.717) is 4.88 Å². The number of carbonyl (C=O) groups is 1. The van der Waals surface area contributed by atoms with Crippen molar-refractivity contribution in [2.75, 3.05) is 6.54 Å². The van der Waals surface area contributed by atoms with Crippen LogP contribution in [0, 0.1) is 6.92 Å². The Morgan fingerprint density at radius 1 is 1.83 bits per heavy atom. The van der Waals surface area contributed by atoms with Crippen molar-refractivity contribution in [1.82, 2.24) is 0 Å². The van der Waals surface area contributed by atoms with Crippen LogP contribution in [-0.4, -0.2) is 23.5 Å². The Morgan fingerprint density at radius 3 is 2.92 bits per heavy atom. The summed E-state index contributed by atoms with van der Waals surface area (Å²) in [6.07, 6.45) is -1.05. The molecule has 0 radical (unpaired) electrons. The maximum Gasteiger partial charge on any atom is 0.202 e. The number of carbonyl (C=O) groups excluding carboxylic acids is 1.